The lowest BCUT2D eigenvalue weighted by Gasteiger charge is -2.08. The average Bonchev–Trinajstić information content (AvgIpc) is 2.70. The molecule has 2 rings (SSSR count). The molecule has 0 aliphatic carbocycles. The number of hydrogen-bond donors (Lipinski definition) is 1. The minimum absolute atomic E-state index is 0.0109. The second-order valence-corrected chi connectivity index (χ2v) is 4.15. The number of pyridine rings is 1. The van der Waals surface area contributed by atoms with Crippen LogP contribution >= 0.6 is 11.3 Å². The summed E-state index contributed by atoms with van der Waals surface area (Å²) in [4.78, 5) is 23.1. The first-order valence-corrected chi connectivity index (χ1v) is 5.60. The van der Waals surface area contributed by atoms with Gasteiger partial charge in [-0.2, -0.15) is 11.3 Å². The van der Waals surface area contributed by atoms with Gasteiger partial charge in [0.15, 0.2) is 0 Å². The number of carbonyl (C=O) groups excluding carboxylic acids is 1. The van der Waals surface area contributed by atoms with E-state index in [4.69, 9.17) is 5.73 Å². The normalized spacial score (nSPS) is 10.3. The van der Waals surface area contributed by atoms with Gasteiger partial charge in [0.05, 0.1) is 5.69 Å². The van der Waals surface area contributed by atoms with Gasteiger partial charge >= 0.3 is 0 Å². The minimum Gasteiger partial charge on any atom is -0.365 e. The standard InChI is InChI=1S/C11H10N2O2S/c1-7-2-3-9(10(12)14)11(15)13(7)8-4-5-16-6-8/h2-6H,1H3,(H2,12,14). The molecule has 5 heteroatoms. The minimum atomic E-state index is -0.700. The molecule has 0 saturated carbocycles. The Morgan fingerprint density at radius 1 is 1.38 bits per heavy atom. The van der Waals surface area contributed by atoms with E-state index in [0.29, 0.717) is 0 Å². The first-order valence-electron chi connectivity index (χ1n) is 4.66. The van der Waals surface area contributed by atoms with Crippen molar-refractivity contribution in [1.29, 1.82) is 0 Å². The third-order valence-electron chi connectivity index (χ3n) is 2.31. The van der Waals surface area contributed by atoms with E-state index in [1.54, 1.807) is 6.07 Å². The molecule has 0 bridgehead atoms. The fraction of sp³-hybridized carbons (Fsp3) is 0.0909. The summed E-state index contributed by atoms with van der Waals surface area (Å²) < 4.78 is 1.48. The van der Waals surface area contributed by atoms with Gasteiger partial charge in [0.2, 0.25) is 0 Å². The van der Waals surface area contributed by atoms with Crippen LogP contribution in [0.5, 0.6) is 0 Å². The number of amides is 1. The molecule has 0 aliphatic heterocycles. The Morgan fingerprint density at radius 2 is 2.12 bits per heavy atom. The third kappa shape index (κ3) is 1.65. The zero-order chi connectivity index (χ0) is 11.7. The molecule has 2 aromatic heterocycles. The summed E-state index contributed by atoms with van der Waals surface area (Å²) in [6.07, 6.45) is 0. The molecule has 0 fully saturated rings. The number of aromatic nitrogens is 1. The van der Waals surface area contributed by atoms with Crippen LogP contribution in [0, 0.1) is 6.92 Å². The van der Waals surface area contributed by atoms with Crippen LogP contribution in [0.2, 0.25) is 0 Å². The van der Waals surface area contributed by atoms with Crippen molar-refractivity contribution in [2.45, 2.75) is 6.92 Å². The van der Waals surface area contributed by atoms with Gasteiger partial charge in [-0.25, -0.2) is 0 Å². The summed E-state index contributed by atoms with van der Waals surface area (Å²) in [7, 11) is 0. The molecule has 0 spiro atoms. The molecular weight excluding hydrogens is 224 g/mol. The lowest BCUT2D eigenvalue weighted by molar-refractivity contribution is 0.0998. The highest BCUT2D eigenvalue weighted by molar-refractivity contribution is 7.08. The zero-order valence-electron chi connectivity index (χ0n) is 8.64. The number of aryl methyl sites for hydroxylation is 1. The Morgan fingerprint density at radius 3 is 2.69 bits per heavy atom. The number of nitrogens with zero attached hydrogens (tertiary/aromatic N) is 1. The van der Waals surface area contributed by atoms with Crippen molar-refractivity contribution in [3.8, 4) is 5.69 Å². The molecule has 1 amide bonds. The van der Waals surface area contributed by atoms with E-state index in [1.165, 1.54) is 22.0 Å². The van der Waals surface area contributed by atoms with Gasteiger partial charge in [-0.1, -0.05) is 0 Å². The molecule has 0 aromatic carbocycles. The van der Waals surface area contributed by atoms with E-state index in [0.717, 1.165) is 11.4 Å². The van der Waals surface area contributed by atoms with Gasteiger partial charge in [-0.05, 0) is 30.5 Å². The fourth-order valence-electron chi connectivity index (χ4n) is 1.52. The van der Waals surface area contributed by atoms with Crippen molar-refractivity contribution in [2.75, 3.05) is 0 Å². The molecular formula is C11H10N2O2S. The number of rotatable bonds is 2. The number of primary amides is 1. The maximum absolute atomic E-state index is 12.0. The quantitative estimate of drug-likeness (QED) is 0.851. The summed E-state index contributed by atoms with van der Waals surface area (Å²) >= 11 is 1.49. The van der Waals surface area contributed by atoms with Crippen molar-refractivity contribution in [2.24, 2.45) is 5.73 Å². The van der Waals surface area contributed by atoms with E-state index < -0.39 is 5.91 Å². The Hall–Kier alpha value is -1.88. The maximum atomic E-state index is 12.0. The van der Waals surface area contributed by atoms with Gasteiger partial charge in [0.25, 0.3) is 11.5 Å². The molecule has 0 saturated heterocycles. The fourth-order valence-corrected chi connectivity index (χ4v) is 2.14. The van der Waals surface area contributed by atoms with Crippen molar-refractivity contribution in [1.82, 2.24) is 4.57 Å². The summed E-state index contributed by atoms with van der Waals surface area (Å²) in [6, 6.07) is 4.99. The first kappa shape index (κ1) is 10.6. The molecule has 82 valence electrons. The summed E-state index contributed by atoms with van der Waals surface area (Å²) in [5.74, 6) is -0.700. The van der Waals surface area contributed by atoms with Crippen molar-refractivity contribution >= 4 is 17.2 Å². The Kier molecular flexibility index (Phi) is 2.62. The molecule has 2 heterocycles. The molecule has 0 atom stereocenters. The van der Waals surface area contributed by atoms with Crippen LogP contribution in [0.25, 0.3) is 5.69 Å². The maximum Gasteiger partial charge on any atom is 0.268 e. The van der Waals surface area contributed by atoms with Crippen LogP contribution in [0.3, 0.4) is 0 Å². The molecule has 0 unspecified atom stereocenters. The molecule has 2 aromatic rings. The van der Waals surface area contributed by atoms with Crippen LogP contribution in [0.15, 0.2) is 33.8 Å². The average molecular weight is 234 g/mol. The number of hydrogen-bond acceptors (Lipinski definition) is 3. The van der Waals surface area contributed by atoms with Crippen molar-refractivity contribution < 1.29 is 4.79 Å². The summed E-state index contributed by atoms with van der Waals surface area (Å²) in [6.45, 7) is 1.81. The predicted molar refractivity (Wildman–Crippen MR) is 63.2 cm³/mol. The van der Waals surface area contributed by atoms with Gasteiger partial charge in [-0.15, -0.1) is 0 Å². The number of nitrogens with two attached hydrogens (primary N) is 1. The monoisotopic (exact) mass is 234 g/mol. The molecule has 4 nitrogen and oxygen atoms in total. The van der Waals surface area contributed by atoms with E-state index in [9.17, 15) is 9.59 Å². The highest BCUT2D eigenvalue weighted by Gasteiger charge is 2.11. The van der Waals surface area contributed by atoms with Gasteiger partial charge < -0.3 is 5.73 Å². The van der Waals surface area contributed by atoms with E-state index in [2.05, 4.69) is 0 Å². The van der Waals surface area contributed by atoms with Crippen LogP contribution in [0.4, 0.5) is 0 Å². The molecule has 0 aliphatic rings. The lowest BCUT2D eigenvalue weighted by Crippen LogP contribution is -2.29. The SMILES string of the molecule is Cc1ccc(C(N)=O)c(=O)n1-c1ccsc1. The number of carbonyl (C=O) groups is 1. The van der Waals surface area contributed by atoms with Crippen molar-refractivity contribution in [3.05, 3.63) is 50.6 Å². The smallest absolute Gasteiger partial charge is 0.268 e. The second kappa shape index (κ2) is 3.94. The van der Waals surface area contributed by atoms with Crippen LogP contribution in [-0.4, -0.2) is 10.5 Å². The second-order valence-electron chi connectivity index (χ2n) is 3.37. The van der Waals surface area contributed by atoms with Gasteiger partial charge in [0, 0.05) is 11.1 Å². The predicted octanol–water partition coefficient (Wildman–Crippen LogP) is 1.31. The lowest BCUT2D eigenvalue weighted by atomic mass is 10.2. The Labute approximate surface area is 96.0 Å². The Bertz CT molecular complexity index is 585. The van der Waals surface area contributed by atoms with Gasteiger partial charge in [0.1, 0.15) is 5.56 Å². The molecule has 16 heavy (non-hydrogen) atoms. The highest BCUT2D eigenvalue weighted by Crippen LogP contribution is 2.12. The van der Waals surface area contributed by atoms with Crippen LogP contribution in [-0.2, 0) is 0 Å². The van der Waals surface area contributed by atoms with Gasteiger partial charge in [-0.3, -0.25) is 14.2 Å². The number of thiophene rings is 1. The molecule has 2 N–H and O–H groups in total. The topological polar surface area (TPSA) is 65.1 Å². The van der Waals surface area contributed by atoms with Crippen LogP contribution in [0.1, 0.15) is 16.1 Å². The summed E-state index contributed by atoms with van der Waals surface area (Å²) in [5, 5.41) is 3.72. The first-order chi connectivity index (χ1) is 7.61. The summed E-state index contributed by atoms with van der Waals surface area (Å²) in [5.41, 5.74) is 6.31. The Balaban J connectivity index is 2.75. The van der Waals surface area contributed by atoms with E-state index in [1.807, 2.05) is 23.8 Å². The van der Waals surface area contributed by atoms with Crippen LogP contribution < -0.4 is 11.3 Å². The largest absolute Gasteiger partial charge is 0.365 e. The third-order valence-corrected chi connectivity index (χ3v) is 2.98. The van der Waals surface area contributed by atoms with E-state index in [-0.39, 0.29) is 11.1 Å². The van der Waals surface area contributed by atoms with Crippen molar-refractivity contribution in [3.63, 3.8) is 0 Å². The molecule has 0 radical (unpaired) electrons. The van der Waals surface area contributed by atoms with E-state index >= 15 is 0 Å². The highest BCUT2D eigenvalue weighted by atomic mass is 32.1. The zero-order valence-corrected chi connectivity index (χ0v) is 9.45.